The minimum atomic E-state index is 0. The van der Waals surface area contributed by atoms with Crippen molar-refractivity contribution in [1.29, 1.82) is 0 Å². The van der Waals surface area contributed by atoms with Crippen LogP contribution in [0.3, 0.4) is 0 Å². The number of carbonyl (C=O) groups is 1. The van der Waals surface area contributed by atoms with E-state index in [4.69, 9.17) is 15.2 Å². The van der Waals surface area contributed by atoms with Crippen molar-refractivity contribution in [2.24, 2.45) is 5.73 Å². The summed E-state index contributed by atoms with van der Waals surface area (Å²) in [5.41, 5.74) is 5.43. The molecule has 0 aromatic carbocycles. The lowest BCUT2D eigenvalue weighted by Gasteiger charge is -2.32. The second-order valence-electron chi connectivity index (χ2n) is 5.06. The number of carbonyl (C=O) groups excluding carboxylic acids is 1. The molecule has 1 heterocycles. The average Bonchev–Trinajstić information content (AvgIpc) is 2.48. The van der Waals surface area contributed by atoms with Crippen LogP contribution in [0.4, 0.5) is 0 Å². The standard InChI is InChI=1S/C15H28N2O3.ClH/c1-2-11-19-12-3-5-15(18)17-9-6-14(7-10-17)20-13-4-8-16;/h2,14H,1,3-13,16H2;1H. The molecular formula is C15H29ClN2O3. The molecule has 124 valence electrons. The summed E-state index contributed by atoms with van der Waals surface area (Å²) in [6, 6.07) is 0. The van der Waals surface area contributed by atoms with E-state index in [0.717, 1.165) is 45.4 Å². The van der Waals surface area contributed by atoms with Gasteiger partial charge in [-0.3, -0.25) is 4.79 Å². The van der Waals surface area contributed by atoms with Crippen molar-refractivity contribution in [2.45, 2.75) is 38.2 Å². The summed E-state index contributed by atoms with van der Waals surface area (Å²) in [4.78, 5) is 13.9. The molecular weight excluding hydrogens is 292 g/mol. The van der Waals surface area contributed by atoms with E-state index in [1.54, 1.807) is 6.08 Å². The van der Waals surface area contributed by atoms with Gasteiger partial charge in [-0.15, -0.1) is 19.0 Å². The monoisotopic (exact) mass is 320 g/mol. The largest absolute Gasteiger partial charge is 0.378 e. The molecule has 1 rings (SSSR count). The Kier molecular flexibility index (Phi) is 12.7. The third kappa shape index (κ3) is 9.09. The first-order valence-corrected chi connectivity index (χ1v) is 7.56. The van der Waals surface area contributed by atoms with Gasteiger partial charge in [-0.25, -0.2) is 0 Å². The molecule has 0 unspecified atom stereocenters. The van der Waals surface area contributed by atoms with Crippen LogP contribution in [-0.2, 0) is 14.3 Å². The molecule has 1 aliphatic heterocycles. The van der Waals surface area contributed by atoms with Gasteiger partial charge in [0.25, 0.3) is 0 Å². The number of hydrogen-bond acceptors (Lipinski definition) is 4. The zero-order chi connectivity index (χ0) is 14.6. The Hall–Kier alpha value is -0.620. The normalized spacial score (nSPS) is 15.6. The molecule has 1 fully saturated rings. The second kappa shape index (κ2) is 13.1. The van der Waals surface area contributed by atoms with E-state index in [1.165, 1.54) is 0 Å². The highest BCUT2D eigenvalue weighted by Gasteiger charge is 2.22. The third-order valence-electron chi connectivity index (χ3n) is 3.41. The van der Waals surface area contributed by atoms with Crippen LogP contribution in [0, 0.1) is 0 Å². The summed E-state index contributed by atoms with van der Waals surface area (Å²) in [6.07, 6.45) is 6.13. The summed E-state index contributed by atoms with van der Waals surface area (Å²) in [5.74, 6) is 0.229. The fourth-order valence-corrected chi connectivity index (χ4v) is 2.26. The lowest BCUT2D eigenvalue weighted by atomic mass is 10.1. The van der Waals surface area contributed by atoms with Crippen LogP contribution in [0.5, 0.6) is 0 Å². The average molecular weight is 321 g/mol. The van der Waals surface area contributed by atoms with Crippen LogP contribution in [0.2, 0.25) is 0 Å². The molecule has 1 saturated heterocycles. The molecule has 6 heteroatoms. The van der Waals surface area contributed by atoms with Crippen molar-refractivity contribution >= 4 is 18.3 Å². The number of amides is 1. The van der Waals surface area contributed by atoms with Gasteiger partial charge < -0.3 is 20.1 Å². The quantitative estimate of drug-likeness (QED) is 0.492. The second-order valence-corrected chi connectivity index (χ2v) is 5.06. The number of likely N-dealkylation sites (tertiary alicyclic amines) is 1. The van der Waals surface area contributed by atoms with Gasteiger partial charge in [0, 0.05) is 32.7 Å². The van der Waals surface area contributed by atoms with E-state index in [2.05, 4.69) is 6.58 Å². The molecule has 5 nitrogen and oxygen atoms in total. The number of rotatable bonds is 10. The van der Waals surface area contributed by atoms with Gasteiger partial charge in [0.05, 0.1) is 12.7 Å². The number of piperidine rings is 1. The van der Waals surface area contributed by atoms with Gasteiger partial charge >= 0.3 is 0 Å². The van der Waals surface area contributed by atoms with Gasteiger partial charge in [-0.1, -0.05) is 6.08 Å². The Balaban J connectivity index is 0.00000400. The summed E-state index contributed by atoms with van der Waals surface area (Å²) < 4.78 is 11.0. The fraction of sp³-hybridized carbons (Fsp3) is 0.800. The lowest BCUT2D eigenvalue weighted by molar-refractivity contribution is -0.134. The molecule has 0 spiro atoms. The van der Waals surface area contributed by atoms with Crippen molar-refractivity contribution in [1.82, 2.24) is 4.90 Å². The maximum Gasteiger partial charge on any atom is 0.222 e. The SMILES string of the molecule is C=CCOCCCC(=O)N1CCC(OCCCN)CC1.Cl. The number of ether oxygens (including phenoxy) is 2. The smallest absolute Gasteiger partial charge is 0.222 e. The highest BCUT2D eigenvalue weighted by atomic mass is 35.5. The Bertz CT molecular complexity index is 282. The van der Waals surface area contributed by atoms with Crippen LogP contribution < -0.4 is 5.73 Å². The molecule has 2 N–H and O–H groups in total. The highest BCUT2D eigenvalue weighted by molar-refractivity contribution is 5.85. The molecule has 1 aliphatic rings. The fourth-order valence-electron chi connectivity index (χ4n) is 2.26. The zero-order valence-electron chi connectivity index (χ0n) is 12.8. The molecule has 0 aromatic rings. The van der Waals surface area contributed by atoms with E-state index >= 15 is 0 Å². The molecule has 0 aromatic heterocycles. The predicted molar refractivity (Wildman–Crippen MR) is 86.7 cm³/mol. The highest BCUT2D eigenvalue weighted by Crippen LogP contribution is 2.15. The van der Waals surface area contributed by atoms with Crippen molar-refractivity contribution < 1.29 is 14.3 Å². The van der Waals surface area contributed by atoms with E-state index in [-0.39, 0.29) is 18.3 Å². The molecule has 0 bridgehead atoms. The van der Waals surface area contributed by atoms with E-state index < -0.39 is 0 Å². The number of hydrogen-bond donors (Lipinski definition) is 1. The van der Waals surface area contributed by atoms with Crippen LogP contribution in [0.1, 0.15) is 32.1 Å². The molecule has 21 heavy (non-hydrogen) atoms. The Labute approximate surface area is 134 Å². The van der Waals surface area contributed by atoms with Crippen LogP contribution in [0.15, 0.2) is 12.7 Å². The first kappa shape index (κ1) is 20.4. The summed E-state index contributed by atoms with van der Waals surface area (Å²) in [7, 11) is 0. The van der Waals surface area contributed by atoms with Gasteiger partial charge in [0.1, 0.15) is 0 Å². The van der Waals surface area contributed by atoms with Crippen LogP contribution in [-0.4, -0.2) is 56.4 Å². The topological polar surface area (TPSA) is 64.8 Å². The van der Waals surface area contributed by atoms with E-state index in [1.807, 2.05) is 4.90 Å². The number of halogens is 1. The zero-order valence-corrected chi connectivity index (χ0v) is 13.6. The Morgan fingerprint density at radius 1 is 1.29 bits per heavy atom. The minimum absolute atomic E-state index is 0. The van der Waals surface area contributed by atoms with Crippen molar-refractivity contribution in [3.63, 3.8) is 0 Å². The van der Waals surface area contributed by atoms with Crippen LogP contribution in [0.25, 0.3) is 0 Å². The molecule has 0 saturated carbocycles. The van der Waals surface area contributed by atoms with Crippen molar-refractivity contribution in [3.05, 3.63) is 12.7 Å². The first-order valence-electron chi connectivity index (χ1n) is 7.56. The molecule has 1 amide bonds. The number of nitrogens with two attached hydrogens (primary N) is 1. The summed E-state index contributed by atoms with van der Waals surface area (Å²) in [5, 5.41) is 0. The van der Waals surface area contributed by atoms with Crippen molar-refractivity contribution in [2.75, 3.05) is 39.5 Å². The van der Waals surface area contributed by atoms with E-state index in [9.17, 15) is 4.79 Å². The minimum Gasteiger partial charge on any atom is -0.378 e. The van der Waals surface area contributed by atoms with Gasteiger partial charge in [0.15, 0.2) is 0 Å². The van der Waals surface area contributed by atoms with Gasteiger partial charge in [-0.05, 0) is 32.2 Å². The van der Waals surface area contributed by atoms with Gasteiger partial charge in [-0.2, -0.15) is 0 Å². The maximum absolute atomic E-state index is 12.0. The summed E-state index contributed by atoms with van der Waals surface area (Å²) >= 11 is 0. The third-order valence-corrected chi connectivity index (χ3v) is 3.41. The Morgan fingerprint density at radius 2 is 2.00 bits per heavy atom. The lowest BCUT2D eigenvalue weighted by Crippen LogP contribution is -2.41. The molecule has 0 radical (unpaired) electrons. The molecule has 0 aliphatic carbocycles. The predicted octanol–water partition coefficient (Wildman–Crippen LogP) is 1.75. The van der Waals surface area contributed by atoms with E-state index in [0.29, 0.717) is 32.3 Å². The number of nitrogens with zero attached hydrogens (tertiary/aromatic N) is 1. The van der Waals surface area contributed by atoms with Crippen molar-refractivity contribution in [3.8, 4) is 0 Å². The van der Waals surface area contributed by atoms with Crippen LogP contribution >= 0.6 is 12.4 Å². The Morgan fingerprint density at radius 3 is 2.62 bits per heavy atom. The summed E-state index contributed by atoms with van der Waals surface area (Å²) in [6.45, 7) is 7.77. The molecule has 0 atom stereocenters. The maximum atomic E-state index is 12.0. The first-order chi connectivity index (χ1) is 9.77. The van der Waals surface area contributed by atoms with Gasteiger partial charge in [0.2, 0.25) is 5.91 Å².